The molecule has 0 atom stereocenters. The fraction of sp³-hybridized carbons (Fsp3) is 0.143. The number of anilines is 1. The Morgan fingerprint density at radius 3 is 2.55 bits per heavy atom. The molecular weight excluding hydrogens is 266 g/mol. The largest absolute Gasteiger partial charge is 0.478 e. The van der Waals surface area contributed by atoms with Crippen LogP contribution in [-0.4, -0.2) is 22.6 Å². The summed E-state index contributed by atoms with van der Waals surface area (Å²) in [6.07, 6.45) is 3.86. The van der Waals surface area contributed by atoms with E-state index in [9.17, 15) is 13.6 Å². The lowest BCUT2D eigenvalue weighted by Crippen LogP contribution is -2.10. The molecule has 0 radical (unpaired) electrons. The second-order valence-electron chi connectivity index (χ2n) is 4.16. The first-order chi connectivity index (χ1) is 9.58. The minimum absolute atomic E-state index is 0.311. The summed E-state index contributed by atoms with van der Waals surface area (Å²) in [4.78, 5) is 14.6. The number of benzene rings is 1. The maximum absolute atomic E-state index is 13.6. The van der Waals surface area contributed by atoms with Crippen molar-refractivity contribution in [3.8, 4) is 0 Å². The van der Waals surface area contributed by atoms with E-state index >= 15 is 0 Å². The molecule has 0 unspecified atom stereocenters. The first-order valence-corrected chi connectivity index (χ1v) is 5.93. The molecule has 1 aromatic heterocycles. The van der Waals surface area contributed by atoms with Crippen molar-refractivity contribution < 1.29 is 18.7 Å². The molecule has 0 amide bonds. The number of halogens is 2. The number of nitrogens with zero attached hydrogens (tertiary/aromatic N) is 1. The van der Waals surface area contributed by atoms with Crippen molar-refractivity contribution in [3.63, 3.8) is 0 Å². The van der Waals surface area contributed by atoms with Crippen molar-refractivity contribution in [1.29, 1.82) is 0 Å². The SMILES string of the molecule is O=C(O)c1cc(F)c(NCCc2cccnc2)c(F)c1. The maximum Gasteiger partial charge on any atom is 0.335 e. The van der Waals surface area contributed by atoms with Crippen LogP contribution in [0.1, 0.15) is 15.9 Å². The quantitative estimate of drug-likeness (QED) is 0.882. The van der Waals surface area contributed by atoms with Gasteiger partial charge in [0.2, 0.25) is 0 Å². The molecule has 2 rings (SSSR count). The summed E-state index contributed by atoms with van der Waals surface area (Å²) in [5.41, 5.74) is 0.194. The van der Waals surface area contributed by atoms with Gasteiger partial charge in [-0.3, -0.25) is 4.98 Å². The molecule has 2 aromatic rings. The van der Waals surface area contributed by atoms with Crippen LogP contribution >= 0.6 is 0 Å². The molecule has 0 saturated heterocycles. The van der Waals surface area contributed by atoms with Gasteiger partial charge in [0.05, 0.1) is 5.56 Å². The highest BCUT2D eigenvalue weighted by molar-refractivity contribution is 5.88. The third-order valence-corrected chi connectivity index (χ3v) is 2.73. The van der Waals surface area contributed by atoms with E-state index in [1.54, 1.807) is 18.5 Å². The van der Waals surface area contributed by atoms with Gasteiger partial charge < -0.3 is 10.4 Å². The zero-order chi connectivity index (χ0) is 14.5. The standard InChI is InChI=1S/C14H12F2N2O2/c15-11-6-10(14(19)20)7-12(16)13(11)18-5-3-9-2-1-4-17-8-9/h1-2,4,6-8,18H,3,5H2,(H,19,20). The zero-order valence-electron chi connectivity index (χ0n) is 10.4. The minimum atomic E-state index is -1.37. The van der Waals surface area contributed by atoms with Gasteiger partial charge in [-0.05, 0) is 30.2 Å². The topological polar surface area (TPSA) is 62.2 Å². The number of pyridine rings is 1. The van der Waals surface area contributed by atoms with Crippen molar-refractivity contribution in [1.82, 2.24) is 4.98 Å². The highest BCUT2D eigenvalue weighted by Gasteiger charge is 2.14. The third-order valence-electron chi connectivity index (χ3n) is 2.73. The highest BCUT2D eigenvalue weighted by atomic mass is 19.1. The average Bonchev–Trinajstić information content (AvgIpc) is 2.42. The van der Waals surface area contributed by atoms with Crippen LogP contribution in [0.2, 0.25) is 0 Å². The van der Waals surface area contributed by atoms with Crippen LogP contribution in [0.25, 0.3) is 0 Å². The molecule has 0 bridgehead atoms. The lowest BCUT2D eigenvalue weighted by atomic mass is 10.1. The molecular formula is C14H12F2N2O2. The van der Waals surface area contributed by atoms with Crippen LogP contribution in [0.3, 0.4) is 0 Å². The van der Waals surface area contributed by atoms with Crippen molar-refractivity contribution in [3.05, 3.63) is 59.4 Å². The van der Waals surface area contributed by atoms with E-state index in [1.807, 2.05) is 6.07 Å². The van der Waals surface area contributed by atoms with Crippen LogP contribution in [-0.2, 0) is 6.42 Å². The van der Waals surface area contributed by atoms with Crippen LogP contribution in [0.4, 0.5) is 14.5 Å². The van der Waals surface area contributed by atoms with Gasteiger partial charge in [-0.1, -0.05) is 6.07 Å². The molecule has 0 fully saturated rings. The van der Waals surface area contributed by atoms with E-state index in [0.29, 0.717) is 13.0 Å². The summed E-state index contributed by atoms with van der Waals surface area (Å²) >= 11 is 0. The molecule has 1 aromatic carbocycles. The van der Waals surface area contributed by atoms with Gasteiger partial charge >= 0.3 is 5.97 Å². The van der Waals surface area contributed by atoms with E-state index in [1.165, 1.54) is 0 Å². The molecule has 2 N–H and O–H groups in total. The molecule has 20 heavy (non-hydrogen) atoms. The summed E-state index contributed by atoms with van der Waals surface area (Å²) in [5, 5.41) is 11.3. The van der Waals surface area contributed by atoms with Gasteiger partial charge in [-0.2, -0.15) is 0 Å². The number of aromatic nitrogens is 1. The Morgan fingerprint density at radius 1 is 1.30 bits per heavy atom. The number of carboxylic acid groups (broad SMARTS) is 1. The van der Waals surface area contributed by atoms with E-state index in [4.69, 9.17) is 5.11 Å². The number of aromatic carboxylic acids is 1. The summed E-state index contributed by atoms with van der Waals surface area (Å²) in [6.45, 7) is 0.311. The summed E-state index contributed by atoms with van der Waals surface area (Å²) < 4.78 is 27.2. The smallest absolute Gasteiger partial charge is 0.335 e. The number of hydrogen-bond acceptors (Lipinski definition) is 3. The van der Waals surface area contributed by atoms with E-state index in [2.05, 4.69) is 10.3 Å². The summed E-state index contributed by atoms with van der Waals surface area (Å²) in [5.74, 6) is -3.22. The van der Waals surface area contributed by atoms with E-state index in [0.717, 1.165) is 17.7 Å². The first kappa shape index (κ1) is 13.9. The van der Waals surface area contributed by atoms with Gasteiger partial charge in [0, 0.05) is 18.9 Å². The second kappa shape index (κ2) is 6.10. The van der Waals surface area contributed by atoms with Crippen molar-refractivity contribution >= 4 is 11.7 Å². The lowest BCUT2D eigenvalue weighted by molar-refractivity contribution is 0.0696. The monoisotopic (exact) mass is 278 g/mol. The molecule has 0 aliphatic carbocycles. The molecule has 1 heterocycles. The molecule has 0 saturated carbocycles. The normalized spacial score (nSPS) is 10.3. The summed E-state index contributed by atoms with van der Waals surface area (Å²) in [7, 11) is 0. The van der Waals surface area contributed by atoms with Gasteiger partial charge in [0.25, 0.3) is 0 Å². The number of carboxylic acids is 1. The molecule has 104 valence electrons. The molecule has 0 aliphatic rings. The van der Waals surface area contributed by atoms with Crippen molar-refractivity contribution in [2.75, 3.05) is 11.9 Å². The predicted molar refractivity (Wildman–Crippen MR) is 69.7 cm³/mol. The molecule has 4 nitrogen and oxygen atoms in total. The van der Waals surface area contributed by atoms with Gasteiger partial charge in [-0.25, -0.2) is 13.6 Å². The Labute approximate surface area is 114 Å². The van der Waals surface area contributed by atoms with E-state index < -0.39 is 23.2 Å². The van der Waals surface area contributed by atoms with Crippen LogP contribution in [0, 0.1) is 11.6 Å². The predicted octanol–water partition coefficient (Wildman–Crippen LogP) is 2.71. The van der Waals surface area contributed by atoms with Crippen molar-refractivity contribution in [2.45, 2.75) is 6.42 Å². The average molecular weight is 278 g/mol. The van der Waals surface area contributed by atoms with E-state index in [-0.39, 0.29) is 5.69 Å². The van der Waals surface area contributed by atoms with Crippen molar-refractivity contribution in [2.24, 2.45) is 0 Å². The highest BCUT2D eigenvalue weighted by Crippen LogP contribution is 2.20. The van der Waals surface area contributed by atoms with Crippen LogP contribution < -0.4 is 5.32 Å². The Morgan fingerprint density at radius 2 is 2.00 bits per heavy atom. The fourth-order valence-corrected chi connectivity index (χ4v) is 1.74. The Kier molecular flexibility index (Phi) is 4.24. The Balaban J connectivity index is 2.05. The third kappa shape index (κ3) is 3.28. The number of nitrogens with one attached hydrogen (secondary N) is 1. The number of rotatable bonds is 5. The fourth-order valence-electron chi connectivity index (χ4n) is 1.74. The van der Waals surface area contributed by atoms with Gasteiger partial charge in [0.1, 0.15) is 17.3 Å². The lowest BCUT2D eigenvalue weighted by Gasteiger charge is -2.09. The number of carbonyl (C=O) groups is 1. The molecule has 6 heteroatoms. The maximum atomic E-state index is 13.6. The van der Waals surface area contributed by atoms with Crippen LogP contribution in [0.5, 0.6) is 0 Å². The summed E-state index contributed by atoms with van der Waals surface area (Å²) in [6, 6.07) is 5.21. The minimum Gasteiger partial charge on any atom is -0.478 e. The second-order valence-corrected chi connectivity index (χ2v) is 4.16. The van der Waals surface area contributed by atoms with Crippen LogP contribution in [0.15, 0.2) is 36.7 Å². The molecule has 0 aliphatic heterocycles. The Hall–Kier alpha value is -2.50. The Bertz CT molecular complexity index is 595. The molecule has 0 spiro atoms. The van der Waals surface area contributed by atoms with Gasteiger partial charge in [-0.15, -0.1) is 0 Å². The first-order valence-electron chi connectivity index (χ1n) is 5.93. The zero-order valence-corrected chi connectivity index (χ0v) is 10.4. The number of hydrogen-bond donors (Lipinski definition) is 2. The van der Waals surface area contributed by atoms with Gasteiger partial charge in [0.15, 0.2) is 0 Å².